The largest absolute Gasteiger partial charge is 0.449 e. The van der Waals surface area contributed by atoms with E-state index in [4.69, 9.17) is 16.3 Å². The molecule has 0 saturated heterocycles. The van der Waals surface area contributed by atoms with E-state index >= 15 is 0 Å². The van der Waals surface area contributed by atoms with Crippen LogP contribution in [0.15, 0.2) is 48.5 Å². The number of hydrogen-bond acceptors (Lipinski definition) is 3. The van der Waals surface area contributed by atoms with Gasteiger partial charge in [0.1, 0.15) is 0 Å². The molecule has 0 spiro atoms. The van der Waals surface area contributed by atoms with E-state index in [9.17, 15) is 9.59 Å². The van der Waals surface area contributed by atoms with Gasteiger partial charge in [-0.25, -0.2) is 4.79 Å². The van der Waals surface area contributed by atoms with Gasteiger partial charge in [0.25, 0.3) is 5.91 Å². The fraction of sp³-hybridized carbons (Fsp3) is 0.263. The molecule has 1 heterocycles. The molecule has 0 saturated carbocycles. The summed E-state index contributed by atoms with van der Waals surface area (Å²) >= 11 is 5.80. The summed E-state index contributed by atoms with van der Waals surface area (Å²) in [5.74, 6) is -0.697. The van der Waals surface area contributed by atoms with Crippen LogP contribution < -0.4 is 0 Å². The van der Waals surface area contributed by atoms with Crippen LogP contribution in [0.3, 0.4) is 0 Å². The highest BCUT2D eigenvalue weighted by Crippen LogP contribution is 2.20. The van der Waals surface area contributed by atoms with E-state index in [2.05, 4.69) is 6.07 Å². The molecule has 1 aliphatic heterocycles. The molecule has 5 heteroatoms. The van der Waals surface area contributed by atoms with Gasteiger partial charge in [-0.1, -0.05) is 35.9 Å². The molecule has 0 fully saturated rings. The van der Waals surface area contributed by atoms with Crippen LogP contribution >= 0.6 is 11.6 Å². The Labute approximate surface area is 146 Å². The number of fused-ring (bicyclic) bond motifs is 1. The van der Waals surface area contributed by atoms with E-state index in [1.807, 2.05) is 18.2 Å². The molecule has 0 unspecified atom stereocenters. The normalized spacial score (nSPS) is 14.7. The molecule has 1 aliphatic rings. The van der Waals surface area contributed by atoms with Crippen molar-refractivity contribution in [2.45, 2.75) is 26.0 Å². The number of esters is 1. The molecular weight excluding hydrogens is 326 g/mol. The topological polar surface area (TPSA) is 46.6 Å². The molecule has 0 radical (unpaired) electrons. The van der Waals surface area contributed by atoms with Crippen molar-refractivity contribution in [3.05, 3.63) is 70.2 Å². The second-order valence-corrected chi connectivity index (χ2v) is 6.27. The summed E-state index contributed by atoms with van der Waals surface area (Å²) < 4.78 is 5.31. The third-order valence-corrected chi connectivity index (χ3v) is 4.41. The van der Waals surface area contributed by atoms with Crippen molar-refractivity contribution in [3.8, 4) is 0 Å². The minimum Gasteiger partial charge on any atom is -0.449 e. The average Bonchev–Trinajstić information content (AvgIpc) is 2.61. The lowest BCUT2D eigenvalue weighted by Crippen LogP contribution is -2.42. The Kier molecular flexibility index (Phi) is 4.86. The maximum atomic E-state index is 12.6. The average molecular weight is 344 g/mol. The lowest BCUT2D eigenvalue weighted by Gasteiger charge is -2.30. The molecule has 0 N–H and O–H groups in total. The number of halogens is 1. The first kappa shape index (κ1) is 16.5. The van der Waals surface area contributed by atoms with E-state index in [0.29, 0.717) is 23.7 Å². The van der Waals surface area contributed by atoms with E-state index in [-0.39, 0.29) is 5.91 Å². The van der Waals surface area contributed by atoms with Crippen molar-refractivity contribution in [2.24, 2.45) is 0 Å². The standard InChI is InChI=1S/C19H18ClNO3/c1-13(24-19(23)15-6-8-17(20)9-7-15)18(22)21-11-10-14-4-2-3-5-16(14)12-21/h2-9,13H,10-12H2,1H3/t13-/m0/s1. The molecule has 3 rings (SSSR count). The molecular formula is C19H18ClNO3. The molecule has 24 heavy (non-hydrogen) atoms. The van der Waals surface area contributed by atoms with E-state index in [1.54, 1.807) is 36.1 Å². The second-order valence-electron chi connectivity index (χ2n) is 5.83. The van der Waals surface area contributed by atoms with Crippen LogP contribution in [0.4, 0.5) is 0 Å². The highest BCUT2D eigenvalue weighted by atomic mass is 35.5. The quantitative estimate of drug-likeness (QED) is 0.802. The highest BCUT2D eigenvalue weighted by molar-refractivity contribution is 6.30. The minimum atomic E-state index is -0.821. The van der Waals surface area contributed by atoms with Crippen LogP contribution in [0.1, 0.15) is 28.4 Å². The van der Waals surface area contributed by atoms with Crippen molar-refractivity contribution in [3.63, 3.8) is 0 Å². The van der Waals surface area contributed by atoms with Crippen LogP contribution in [0.2, 0.25) is 5.02 Å². The fourth-order valence-corrected chi connectivity index (χ4v) is 2.93. The summed E-state index contributed by atoms with van der Waals surface area (Å²) in [6.45, 7) is 2.80. The zero-order valence-electron chi connectivity index (χ0n) is 13.4. The predicted molar refractivity (Wildman–Crippen MR) is 91.9 cm³/mol. The van der Waals surface area contributed by atoms with Gasteiger partial charge in [-0.05, 0) is 48.7 Å². The summed E-state index contributed by atoms with van der Waals surface area (Å²) in [7, 11) is 0. The first-order valence-corrected chi connectivity index (χ1v) is 8.24. The van der Waals surface area contributed by atoms with Gasteiger partial charge in [0.2, 0.25) is 0 Å². The zero-order valence-corrected chi connectivity index (χ0v) is 14.1. The van der Waals surface area contributed by atoms with Gasteiger partial charge in [-0.2, -0.15) is 0 Å². The predicted octanol–water partition coefficient (Wildman–Crippen LogP) is 3.47. The van der Waals surface area contributed by atoms with Crippen LogP contribution in [-0.4, -0.2) is 29.4 Å². The molecule has 0 bridgehead atoms. The number of rotatable bonds is 3. The Morgan fingerprint density at radius 2 is 1.75 bits per heavy atom. The molecule has 2 aromatic rings. The van der Waals surface area contributed by atoms with Gasteiger partial charge in [0.15, 0.2) is 6.10 Å². The minimum absolute atomic E-state index is 0.174. The molecule has 4 nitrogen and oxygen atoms in total. The van der Waals surface area contributed by atoms with Gasteiger partial charge in [0.05, 0.1) is 5.56 Å². The summed E-state index contributed by atoms with van der Waals surface area (Å²) in [4.78, 5) is 26.4. The first-order valence-electron chi connectivity index (χ1n) is 7.86. The van der Waals surface area contributed by atoms with Gasteiger partial charge in [0, 0.05) is 18.1 Å². The smallest absolute Gasteiger partial charge is 0.338 e. The van der Waals surface area contributed by atoms with Crippen LogP contribution in [0.5, 0.6) is 0 Å². The van der Waals surface area contributed by atoms with Gasteiger partial charge in [-0.15, -0.1) is 0 Å². The maximum absolute atomic E-state index is 12.6. The van der Waals surface area contributed by atoms with Crippen LogP contribution in [-0.2, 0) is 22.5 Å². The Bertz CT molecular complexity index is 757. The van der Waals surface area contributed by atoms with E-state index in [1.165, 1.54) is 5.56 Å². The molecule has 0 aliphatic carbocycles. The summed E-state index contributed by atoms with van der Waals surface area (Å²) in [6, 6.07) is 14.5. The van der Waals surface area contributed by atoms with Crippen molar-refractivity contribution in [2.75, 3.05) is 6.54 Å². The maximum Gasteiger partial charge on any atom is 0.338 e. The van der Waals surface area contributed by atoms with Crippen molar-refractivity contribution < 1.29 is 14.3 Å². The number of amides is 1. The van der Waals surface area contributed by atoms with Crippen molar-refractivity contribution >= 4 is 23.5 Å². The Morgan fingerprint density at radius 3 is 2.46 bits per heavy atom. The molecule has 1 atom stereocenters. The third kappa shape index (κ3) is 3.60. The molecule has 2 aromatic carbocycles. The number of carbonyl (C=O) groups excluding carboxylic acids is 2. The van der Waals surface area contributed by atoms with E-state index in [0.717, 1.165) is 12.0 Å². The Hall–Kier alpha value is -2.33. The monoisotopic (exact) mass is 343 g/mol. The Balaban J connectivity index is 1.63. The number of nitrogens with zero attached hydrogens (tertiary/aromatic N) is 1. The summed E-state index contributed by atoms with van der Waals surface area (Å²) in [5, 5.41) is 0.544. The van der Waals surface area contributed by atoms with Gasteiger partial charge >= 0.3 is 5.97 Å². The van der Waals surface area contributed by atoms with Gasteiger partial charge < -0.3 is 9.64 Å². The SMILES string of the molecule is C[C@H](OC(=O)c1ccc(Cl)cc1)C(=O)N1CCc2ccccc2C1. The third-order valence-electron chi connectivity index (χ3n) is 4.15. The molecule has 1 amide bonds. The first-order chi connectivity index (χ1) is 11.5. The van der Waals surface area contributed by atoms with Crippen LogP contribution in [0, 0.1) is 0 Å². The lowest BCUT2D eigenvalue weighted by atomic mass is 9.99. The van der Waals surface area contributed by atoms with E-state index < -0.39 is 12.1 Å². The second kappa shape index (κ2) is 7.05. The van der Waals surface area contributed by atoms with Crippen molar-refractivity contribution in [1.82, 2.24) is 4.90 Å². The zero-order chi connectivity index (χ0) is 17.1. The highest BCUT2D eigenvalue weighted by Gasteiger charge is 2.27. The summed E-state index contributed by atoms with van der Waals surface area (Å²) in [6.07, 6.45) is -0.00168. The molecule has 124 valence electrons. The number of benzene rings is 2. The van der Waals surface area contributed by atoms with Crippen LogP contribution in [0.25, 0.3) is 0 Å². The Morgan fingerprint density at radius 1 is 1.08 bits per heavy atom. The number of ether oxygens (including phenoxy) is 1. The number of hydrogen-bond donors (Lipinski definition) is 0. The number of carbonyl (C=O) groups is 2. The fourth-order valence-electron chi connectivity index (χ4n) is 2.81. The molecule has 0 aromatic heterocycles. The van der Waals surface area contributed by atoms with Gasteiger partial charge in [-0.3, -0.25) is 4.79 Å². The lowest BCUT2D eigenvalue weighted by molar-refractivity contribution is -0.140. The summed E-state index contributed by atoms with van der Waals surface area (Å²) in [5.41, 5.74) is 2.80. The van der Waals surface area contributed by atoms with Crippen molar-refractivity contribution in [1.29, 1.82) is 0 Å².